The Bertz CT molecular complexity index is 402. The molecule has 0 saturated carbocycles. The maximum Gasteiger partial charge on any atom is 0.330 e. The van der Waals surface area contributed by atoms with Crippen molar-refractivity contribution in [2.24, 2.45) is 0 Å². The molecule has 112 valence electrons. The van der Waals surface area contributed by atoms with Gasteiger partial charge in [-0.1, -0.05) is 36.9 Å². The normalized spacial score (nSPS) is 10.5. The molecule has 1 rings (SSSR count). The van der Waals surface area contributed by atoms with Crippen molar-refractivity contribution < 1.29 is 38.0 Å². The van der Waals surface area contributed by atoms with Crippen molar-refractivity contribution in [2.75, 3.05) is 26.2 Å². The third kappa shape index (κ3) is 6.05. The number of quaternary nitrogens is 1. The number of ether oxygens (including phenoxy) is 1. The van der Waals surface area contributed by atoms with Gasteiger partial charge in [0.25, 0.3) is 0 Å². The Balaban J connectivity index is 0.00000361. The van der Waals surface area contributed by atoms with Crippen molar-refractivity contribution in [2.45, 2.75) is 20.4 Å². The van der Waals surface area contributed by atoms with Gasteiger partial charge in [-0.3, -0.25) is 0 Å². The minimum Gasteiger partial charge on any atom is -1.00 e. The third-order valence-electron chi connectivity index (χ3n) is 3.68. The molecule has 1 aromatic rings. The van der Waals surface area contributed by atoms with Crippen LogP contribution in [-0.2, 0) is 16.1 Å². The van der Waals surface area contributed by atoms with Gasteiger partial charge in [-0.25, -0.2) is 4.79 Å². The summed E-state index contributed by atoms with van der Waals surface area (Å²) in [6.07, 6.45) is 1.21. The van der Waals surface area contributed by atoms with E-state index in [9.17, 15) is 4.79 Å². The zero-order chi connectivity index (χ0) is 14.1. The number of esters is 1. The fraction of sp³-hybridized carbons (Fsp3) is 0.438. The molecule has 0 aliphatic carbocycles. The average Bonchev–Trinajstić information content (AvgIpc) is 2.47. The summed E-state index contributed by atoms with van der Waals surface area (Å²) in [7, 11) is 0. The van der Waals surface area contributed by atoms with Crippen molar-refractivity contribution in [3.8, 4) is 0 Å². The molecule has 1 aromatic carbocycles. The summed E-state index contributed by atoms with van der Waals surface area (Å²) >= 11 is 0. The highest BCUT2D eigenvalue weighted by Crippen LogP contribution is 2.14. The lowest BCUT2D eigenvalue weighted by Gasteiger charge is -2.36. The summed E-state index contributed by atoms with van der Waals surface area (Å²) < 4.78 is 6.04. The van der Waals surface area contributed by atoms with E-state index in [1.165, 1.54) is 11.6 Å². The van der Waals surface area contributed by atoms with E-state index in [0.29, 0.717) is 6.61 Å². The lowest BCUT2D eigenvalue weighted by atomic mass is 10.2. The van der Waals surface area contributed by atoms with E-state index < -0.39 is 0 Å². The number of benzene rings is 1. The van der Waals surface area contributed by atoms with Gasteiger partial charge >= 0.3 is 5.97 Å². The first-order valence-corrected chi connectivity index (χ1v) is 6.84. The van der Waals surface area contributed by atoms with E-state index in [4.69, 9.17) is 4.74 Å². The van der Waals surface area contributed by atoms with Gasteiger partial charge in [0.15, 0.2) is 0 Å². The number of rotatable bonds is 8. The third-order valence-corrected chi connectivity index (χ3v) is 3.68. The number of carbonyl (C=O) groups is 1. The van der Waals surface area contributed by atoms with Gasteiger partial charge in [-0.2, -0.15) is 0 Å². The summed E-state index contributed by atoms with van der Waals surface area (Å²) in [5, 5.41) is 0. The molecule has 0 bridgehead atoms. The van der Waals surface area contributed by atoms with Crippen LogP contribution in [0.15, 0.2) is 43.0 Å². The summed E-state index contributed by atoms with van der Waals surface area (Å²) in [5.74, 6) is -0.343. The molecule has 0 radical (unpaired) electrons. The molecule has 0 spiro atoms. The van der Waals surface area contributed by atoms with E-state index in [-0.39, 0.29) is 29.9 Å². The fourth-order valence-electron chi connectivity index (χ4n) is 2.21. The van der Waals surface area contributed by atoms with Crippen LogP contribution in [0.1, 0.15) is 19.4 Å². The molecule has 0 aliphatic rings. The Kier molecular flexibility index (Phi) is 9.50. The average molecular weight is 389 g/mol. The number of carbonyl (C=O) groups excluding carboxylic acids is 1. The smallest absolute Gasteiger partial charge is 0.330 e. The zero-order valence-electron chi connectivity index (χ0n) is 12.3. The Morgan fingerprint density at radius 1 is 1.25 bits per heavy atom. The molecule has 0 atom stereocenters. The lowest BCUT2D eigenvalue weighted by molar-refractivity contribution is -0.937. The number of halogens is 1. The highest BCUT2D eigenvalue weighted by Gasteiger charge is 2.23. The first kappa shape index (κ1) is 19.1. The fourth-order valence-corrected chi connectivity index (χ4v) is 2.21. The van der Waals surface area contributed by atoms with E-state index in [1.54, 1.807) is 0 Å². The maximum absolute atomic E-state index is 11.1. The Labute approximate surface area is 139 Å². The zero-order valence-corrected chi connectivity index (χ0v) is 14.5. The molecule has 0 fully saturated rings. The van der Waals surface area contributed by atoms with Crippen LogP contribution in [0, 0.1) is 0 Å². The van der Waals surface area contributed by atoms with Crippen LogP contribution in [0.5, 0.6) is 0 Å². The van der Waals surface area contributed by atoms with Crippen LogP contribution < -0.4 is 24.0 Å². The molecule has 4 heteroatoms. The minimum absolute atomic E-state index is 0. The number of nitrogens with zero attached hydrogens (tertiary/aromatic N) is 1. The van der Waals surface area contributed by atoms with E-state index in [1.807, 2.05) is 6.07 Å². The molecule has 0 N–H and O–H groups in total. The van der Waals surface area contributed by atoms with Crippen LogP contribution in [0.3, 0.4) is 0 Å². The Morgan fingerprint density at radius 2 is 1.85 bits per heavy atom. The summed E-state index contributed by atoms with van der Waals surface area (Å²) in [6, 6.07) is 10.4. The van der Waals surface area contributed by atoms with E-state index >= 15 is 0 Å². The molecule has 20 heavy (non-hydrogen) atoms. The highest BCUT2D eigenvalue weighted by molar-refractivity contribution is 5.81. The van der Waals surface area contributed by atoms with Crippen LogP contribution in [-0.4, -0.2) is 36.7 Å². The largest absolute Gasteiger partial charge is 1.00 e. The molecular weight excluding hydrogens is 365 g/mol. The van der Waals surface area contributed by atoms with Crippen LogP contribution >= 0.6 is 0 Å². The standard InChI is InChI=1S/C16H24NO2.HI/c1-4-16(18)19-13-12-17(5-2,6-3)14-15-10-8-7-9-11-15;/h4,7-11H,1,5-6,12-14H2,2-3H3;1H/q+1;/p-1. The van der Waals surface area contributed by atoms with Crippen LogP contribution in [0.4, 0.5) is 0 Å². The molecule has 3 nitrogen and oxygen atoms in total. The lowest BCUT2D eigenvalue weighted by Crippen LogP contribution is -3.00. The first-order valence-electron chi connectivity index (χ1n) is 6.84. The number of likely N-dealkylation sites (N-methyl/N-ethyl adjacent to an activating group) is 1. The van der Waals surface area contributed by atoms with E-state index in [2.05, 4.69) is 44.7 Å². The van der Waals surface area contributed by atoms with Gasteiger partial charge in [-0.15, -0.1) is 0 Å². The van der Waals surface area contributed by atoms with Crippen molar-refractivity contribution >= 4 is 5.97 Å². The molecule has 0 aliphatic heterocycles. The SMILES string of the molecule is C=CC(=O)OCC[N+](CC)(CC)Cc1ccccc1.[I-]. The Morgan fingerprint density at radius 3 is 2.35 bits per heavy atom. The molecular formula is C16H24INO2. The van der Waals surface area contributed by atoms with Crippen molar-refractivity contribution in [1.29, 1.82) is 0 Å². The maximum atomic E-state index is 11.1. The number of hydrogen-bond donors (Lipinski definition) is 0. The molecule has 0 unspecified atom stereocenters. The first-order chi connectivity index (χ1) is 9.15. The molecule has 0 heterocycles. The second kappa shape index (κ2) is 9.94. The monoisotopic (exact) mass is 389 g/mol. The topological polar surface area (TPSA) is 26.3 Å². The van der Waals surface area contributed by atoms with Crippen molar-refractivity contribution in [3.05, 3.63) is 48.6 Å². The van der Waals surface area contributed by atoms with Gasteiger partial charge in [0.1, 0.15) is 19.7 Å². The minimum atomic E-state index is -0.343. The quantitative estimate of drug-likeness (QED) is 0.266. The van der Waals surface area contributed by atoms with Crippen LogP contribution in [0.2, 0.25) is 0 Å². The summed E-state index contributed by atoms with van der Waals surface area (Å²) in [4.78, 5) is 11.1. The second-order valence-corrected chi connectivity index (χ2v) is 4.71. The van der Waals surface area contributed by atoms with Crippen molar-refractivity contribution in [1.82, 2.24) is 0 Å². The number of hydrogen-bond acceptors (Lipinski definition) is 2. The second-order valence-electron chi connectivity index (χ2n) is 4.71. The van der Waals surface area contributed by atoms with Crippen molar-refractivity contribution in [3.63, 3.8) is 0 Å². The molecule has 0 saturated heterocycles. The van der Waals surface area contributed by atoms with Gasteiger partial charge in [0, 0.05) is 11.6 Å². The van der Waals surface area contributed by atoms with Crippen LogP contribution in [0.25, 0.3) is 0 Å². The van der Waals surface area contributed by atoms with E-state index in [0.717, 1.165) is 30.7 Å². The predicted molar refractivity (Wildman–Crippen MR) is 77.5 cm³/mol. The van der Waals surface area contributed by atoms with Gasteiger partial charge < -0.3 is 33.2 Å². The highest BCUT2D eigenvalue weighted by atomic mass is 127. The van der Waals surface area contributed by atoms with Gasteiger partial charge in [0.2, 0.25) is 0 Å². The summed E-state index contributed by atoms with van der Waals surface area (Å²) in [5.41, 5.74) is 1.32. The van der Waals surface area contributed by atoms with Gasteiger partial charge in [0.05, 0.1) is 13.1 Å². The molecule has 0 aromatic heterocycles. The molecule has 0 amide bonds. The predicted octanol–water partition coefficient (Wildman–Crippen LogP) is -0.224. The summed E-state index contributed by atoms with van der Waals surface area (Å²) in [6.45, 7) is 12.1. The Hall–Kier alpha value is -0.880. The van der Waals surface area contributed by atoms with Gasteiger partial charge in [-0.05, 0) is 13.8 Å².